The molecule has 28 heavy (non-hydrogen) atoms. The highest BCUT2D eigenvalue weighted by Gasteiger charge is 2.16. The van der Waals surface area contributed by atoms with E-state index in [0.29, 0.717) is 16.9 Å². The molecule has 0 atom stereocenters. The Kier molecular flexibility index (Phi) is 3.79. The minimum Gasteiger partial charge on any atom is -0.256 e. The molecule has 0 saturated heterocycles. The van der Waals surface area contributed by atoms with Crippen molar-refractivity contribution in [3.63, 3.8) is 0 Å². The van der Waals surface area contributed by atoms with E-state index in [2.05, 4.69) is 21.1 Å². The third-order valence-electron chi connectivity index (χ3n) is 4.83. The number of halogens is 1. The van der Waals surface area contributed by atoms with Crippen molar-refractivity contribution in [3.05, 3.63) is 85.2 Å². The van der Waals surface area contributed by atoms with Gasteiger partial charge in [-0.05, 0) is 36.4 Å². The zero-order chi connectivity index (χ0) is 19.1. The molecule has 0 bridgehead atoms. The Bertz CT molecular complexity index is 1350. The van der Waals surface area contributed by atoms with Crippen molar-refractivity contribution in [1.82, 2.24) is 15.0 Å². The highest BCUT2D eigenvalue weighted by atomic mass is 19.1. The highest BCUT2D eigenvalue weighted by molar-refractivity contribution is 6.02. The summed E-state index contributed by atoms with van der Waals surface area (Å²) in [4.78, 5) is 13.7. The molecule has 0 fully saturated rings. The third kappa shape index (κ3) is 2.68. The van der Waals surface area contributed by atoms with Gasteiger partial charge in [-0.25, -0.2) is 18.9 Å². The molecule has 0 saturated carbocycles. The van der Waals surface area contributed by atoms with E-state index in [1.165, 1.54) is 6.07 Å². The lowest BCUT2D eigenvalue weighted by Crippen LogP contribution is -2.25. The first-order valence-corrected chi connectivity index (χ1v) is 8.96. The zero-order valence-corrected chi connectivity index (χ0v) is 15.2. The van der Waals surface area contributed by atoms with Crippen molar-refractivity contribution in [2.45, 2.75) is 0 Å². The lowest BCUT2D eigenvalue weighted by molar-refractivity contribution is -0.670. The summed E-state index contributed by atoms with van der Waals surface area (Å²) in [7, 11) is 1.99. The standard InChI is InChI=1S/C23H16FN4/c1-28-12-9-16-15(14-28)8-11-25-22(16)19-13-21(18-5-2-3-7-20(18)24)27-23-17(19)6-4-10-26-23/h2-14H,1H3/q+1. The van der Waals surface area contributed by atoms with Gasteiger partial charge in [0.05, 0.1) is 11.4 Å². The van der Waals surface area contributed by atoms with E-state index >= 15 is 0 Å². The molecule has 5 heteroatoms. The largest absolute Gasteiger partial charge is 0.256 e. The molecule has 4 aromatic heterocycles. The van der Waals surface area contributed by atoms with Gasteiger partial charge in [-0.3, -0.25) is 4.98 Å². The van der Waals surface area contributed by atoms with Crippen LogP contribution in [-0.4, -0.2) is 15.0 Å². The number of hydrogen-bond acceptors (Lipinski definition) is 3. The maximum absolute atomic E-state index is 14.4. The normalized spacial score (nSPS) is 11.2. The van der Waals surface area contributed by atoms with Crippen molar-refractivity contribution in [2.24, 2.45) is 7.05 Å². The predicted molar refractivity (Wildman–Crippen MR) is 107 cm³/mol. The van der Waals surface area contributed by atoms with Crippen molar-refractivity contribution in [3.8, 4) is 22.5 Å². The van der Waals surface area contributed by atoms with E-state index in [9.17, 15) is 4.39 Å². The summed E-state index contributed by atoms with van der Waals surface area (Å²) in [5, 5.41) is 2.99. The summed E-state index contributed by atoms with van der Waals surface area (Å²) in [5.41, 5.74) is 3.27. The van der Waals surface area contributed by atoms with Crippen LogP contribution in [0.2, 0.25) is 0 Å². The van der Waals surface area contributed by atoms with Crippen molar-refractivity contribution < 1.29 is 8.96 Å². The lowest BCUT2D eigenvalue weighted by atomic mass is 10.00. The fourth-order valence-electron chi connectivity index (χ4n) is 3.50. The number of hydrogen-bond donors (Lipinski definition) is 0. The van der Waals surface area contributed by atoms with Crippen LogP contribution in [-0.2, 0) is 7.05 Å². The van der Waals surface area contributed by atoms with Gasteiger partial charge in [0.2, 0.25) is 0 Å². The van der Waals surface area contributed by atoms with Crippen LogP contribution >= 0.6 is 0 Å². The molecule has 5 rings (SSSR count). The second-order valence-electron chi connectivity index (χ2n) is 6.68. The molecule has 0 aliphatic heterocycles. The van der Waals surface area contributed by atoms with E-state index in [1.54, 1.807) is 30.6 Å². The Morgan fingerprint density at radius 1 is 0.857 bits per heavy atom. The van der Waals surface area contributed by atoms with Gasteiger partial charge in [0.1, 0.15) is 12.9 Å². The van der Waals surface area contributed by atoms with Crippen molar-refractivity contribution >= 4 is 21.8 Å². The van der Waals surface area contributed by atoms with Crippen LogP contribution in [0, 0.1) is 5.82 Å². The summed E-state index contributed by atoms with van der Waals surface area (Å²) in [6.07, 6.45) is 7.54. The Hall–Kier alpha value is -3.73. The minimum atomic E-state index is -0.311. The Morgan fingerprint density at radius 2 is 1.75 bits per heavy atom. The Balaban J connectivity index is 1.86. The first-order chi connectivity index (χ1) is 13.7. The van der Waals surface area contributed by atoms with E-state index in [0.717, 1.165) is 27.4 Å². The highest BCUT2D eigenvalue weighted by Crippen LogP contribution is 2.34. The maximum atomic E-state index is 14.4. The first kappa shape index (κ1) is 16.4. The van der Waals surface area contributed by atoms with Gasteiger partial charge in [-0.15, -0.1) is 0 Å². The quantitative estimate of drug-likeness (QED) is 0.432. The SMILES string of the molecule is C[n+]1ccc2c(-c3cc(-c4ccccc4F)nc4ncccc34)nccc2c1. The van der Waals surface area contributed by atoms with Crippen LogP contribution in [0.15, 0.2) is 79.4 Å². The van der Waals surface area contributed by atoms with E-state index in [1.807, 2.05) is 48.1 Å². The maximum Gasteiger partial charge on any atom is 0.176 e. The molecule has 4 nitrogen and oxygen atoms in total. The number of aromatic nitrogens is 4. The Morgan fingerprint density at radius 3 is 2.64 bits per heavy atom. The average Bonchev–Trinajstić information content (AvgIpc) is 2.72. The molecule has 0 N–H and O–H groups in total. The molecule has 0 radical (unpaired) electrons. The number of pyridine rings is 4. The van der Waals surface area contributed by atoms with Gasteiger partial charge in [0.15, 0.2) is 18.0 Å². The molecule has 5 aromatic rings. The van der Waals surface area contributed by atoms with Crippen molar-refractivity contribution in [2.75, 3.05) is 0 Å². The summed E-state index contributed by atoms with van der Waals surface area (Å²) in [6, 6.07) is 16.4. The molecule has 4 heterocycles. The molecular formula is C23H16FN4+. The second kappa shape index (κ2) is 6.46. The number of benzene rings is 1. The average molecular weight is 367 g/mol. The lowest BCUT2D eigenvalue weighted by Gasteiger charge is -2.11. The van der Waals surface area contributed by atoms with Gasteiger partial charge in [-0.1, -0.05) is 12.1 Å². The van der Waals surface area contributed by atoms with Crippen LogP contribution in [0.4, 0.5) is 4.39 Å². The number of nitrogens with zero attached hydrogens (tertiary/aromatic N) is 4. The molecule has 1 aromatic carbocycles. The van der Waals surface area contributed by atoms with Crippen LogP contribution in [0.25, 0.3) is 44.3 Å². The van der Waals surface area contributed by atoms with Gasteiger partial charge in [0, 0.05) is 45.7 Å². The molecular weight excluding hydrogens is 351 g/mol. The molecule has 0 unspecified atom stereocenters. The van der Waals surface area contributed by atoms with E-state index in [4.69, 9.17) is 0 Å². The predicted octanol–water partition coefficient (Wildman–Crippen LogP) is 4.48. The van der Waals surface area contributed by atoms with Crippen LogP contribution in [0.3, 0.4) is 0 Å². The minimum absolute atomic E-state index is 0.311. The molecule has 134 valence electrons. The third-order valence-corrected chi connectivity index (χ3v) is 4.83. The first-order valence-electron chi connectivity index (χ1n) is 8.96. The monoisotopic (exact) mass is 367 g/mol. The number of aryl methyl sites for hydroxylation is 1. The summed E-state index contributed by atoms with van der Waals surface area (Å²) in [6.45, 7) is 0. The van der Waals surface area contributed by atoms with Gasteiger partial charge in [0.25, 0.3) is 0 Å². The number of rotatable bonds is 2. The van der Waals surface area contributed by atoms with Crippen LogP contribution in [0.1, 0.15) is 0 Å². The fourth-order valence-corrected chi connectivity index (χ4v) is 3.50. The topological polar surface area (TPSA) is 42.5 Å². The number of fused-ring (bicyclic) bond motifs is 2. The smallest absolute Gasteiger partial charge is 0.176 e. The summed E-state index contributed by atoms with van der Waals surface area (Å²) >= 11 is 0. The van der Waals surface area contributed by atoms with E-state index < -0.39 is 0 Å². The van der Waals surface area contributed by atoms with Gasteiger partial charge in [-0.2, -0.15) is 0 Å². The molecule has 0 spiro atoms. The van der Waals surface area contributed by atoms with Crippen LogP contribution < -0.4 is 4.57 Å². The van der Waals surface area contributed by atoms with Gasteiger partial charge < -0.3 is 0 Å². The molecule has 0 aliphatic carbocycles. The summed E-state index contributed by atoms with van der Waals surface area (Å²) in [5.74, 6) is -0.311. The fraction of sp³-hybridized carbons (Fsp3) is 0.0435. The zero-order valence-electron chi connectivity index (χ0n) is 15.2. The summed E-state index contributed by atoms with van der Waals surface area (Å²) < 4.78 is 16.4. The van der Waals surface area contributed by atoms with Crippen molar-refractivity contribution in [1.29, 1.82) is 0 Å². The van der Waals surface area contributed by atoms with Gasteiger partial charge >= 0.3 is 0 Å². The van der Waals surface area contributed by atoms with E-state index in [-0.39, 0.29) is 5.82 Å². The van der Waals surface area contributed by atoms with Crippen LogP contribution in [0.5, 0.6) is 0 Å². The molecule has 0 aliphatic rings. The molecule has 0 amide bonds. The second-order valence-corrected chi connectivity index (χ2v) is 6.68. The Labute approximate surface area is 161 Å².